The van der Waals surface area contributed by atoms with E-state index in [1.807, 2.05) is 25.2 Å². The summed E-state index contributed by atoms with van der Waals surface area (Å²) in [5, 5.41) is 6.34. The third kappa shape index (κ3) is 5.95. The summed E-state index contributed by atoms with van der Waals surface area (Å²) in [5.41, 5.74) is 5.94. The molecule has 0 aliphatic rings. The number of hydrogen-bond donors (Lipinski definition) is 2. The van der Waals surface area contributed by atoms with Crippen molar-refractivity contribution in [3.8, 4) is 0 Å². The van der Waals surface area contributed by atoms with Gasteiger partial charge in [-0.3, -0.25) is 4.79 Å². The van der Waals surface area contributed by atoms with Crippen molar-refractivity contribution in [2.24, 2.45) is 5.92 Å². The van der Waals surface area contributed by atoms with Crippen molar-refractivity contribution in [3.63, 3.8) is 0 Å². The monoisotopic (exact) mass is 380 g/mol. The van der Waals surface area contributed by atoms with Crippen LogP contribution < -0.4 is 10.6 Å². The number of benzene rings is 2. The van der Waals surface area contributed by atoms with E-state index in [4.69, 9.17) is 0 Å². The summed E-state index contributed by atoms with van der Waals surface area (Å²) in [6, 6.07) is 12.1. The Bertz CT molecular complexity index is 807. The van der Waals surface area contributed by atoms with Crippen LogP contribution in [0, 0.1) is 19.8 Å². The highest BCUT2D eigenvalue weighted by molar-refractivity contribution is 5.97. The fraction of sp³-hybridized carbons (Fsp3) is 0.417. The second-order valence-corrected chi connectivity index (χ2v) is 7.90. The molecule has 0 spiro atoms. The van der Waals surface area contributed by atoms with Gasteiger partial charge in [0.05, 0.1) is 6.04 Å². The van der Waals surface area contributed by atoms with Gasteiger partial charge in [0.15, 0.2) is 0 Å². The second-order valence-electron chi connectivity index (χ2n) is 7.90. The molecule has 0 heterocycles. The van der Waals surface area contributed by atoms with Crippen molar-refractivity contribution >= 4 is 17.9 Å². The lowest BCUT2D eigenvalue weighted by molar-refractivity contribution is -0.107. The van der Waals surface area contributed by atoms with E-state index in [-0.39, 0.29) is 11.9 Å². The van der Waals surface area contributed by atoms with E-state index in [9.17, 15) is 9.59 Å². The predicted molar refractivity (Wildman–Crippen MR) is 116 cm³/mol. The van der Waals surface area contributed by atoms with E-state index in [0.29, 0.717) is 24.3 Å². The Kier molecular flexibility index (Phi) is 7.80. The van der Waals surface area contributed by atoms with Gasteiger partial charge in [-0.05, 0) is 55.9 Å². The molecule has 0 bridgehead atoms. The van der Waals surface area contributed by atoms with Crippen molar-refractivity contribution in [1.82, 2.24) is 5.32 Å². The normalized spacial score (nSPS) is 11.9. The number of aldehydes is 1. The fourth-order valence-corrected chi connectivity index (χ4v) is 3.57. The van der Waals surface area contributed by atoms with Gasteiger partial charge in [0.1, 0.15) is 6.29 Å². The van der Waals surface area contributed by atoms with Crippen molar-refractivity contribution in [1.29, 1.82) is 0 Å². The average molecular weight is 381 g/mol. The van der Waals surface area contributed by atoms with Crippen LogP contribution in [-0.4, -0.2) is 19.2 Å². The van der Waals surface area contributed by atoms with Crippen LogP contribution in [0.2, 0.25) is 0 Å². The summed E-state index contributed by atoms with van der Waals surface area (Å²) >= 11 is 0. The standard InChI is InChI=1S/C24H32N2O2/c1-16(2)11-23(20-13-17(3)12-18(4)14-20)26-24(28)22-15-21(25-5)9-8-19(22)7-6-10-27/h8-10,12-16,23,25H,6-7,11H2,1-5H3,(H,26,28). The lowest BCUT2D eigenvalue weighted by atomic mass is 9.93. The molecule has 0 aromatic heterocycles. The highest BCUT2D eigenvalue weighted by Crippen LogP contribution is 2.25. The van der Waals surface area contributed by atoms with Crippen LogP contribution in [-0.2, 0) is 11.2 Å². The summed E-state index contributed by atoms with van der Waals surface area (Å²) < 4.78 is 0. The molecule has 0 aliphatic heterocycles. The van der Waals surface area contributed by atoms with Crippen molar-refractivity contribution in [3.05, 3.63) is 64.2 Å². The summed E-state index contributed by atoms with van der Waals surface area (Å²) in [4.78, 5) is 24.0. The Morgan fingerprint density at radius 2 is 1.75 bits per heavy atom. The maximum absolute atomic E-state index is 13.2. The van der Waals surface area contributed by atoms with Gasteiger partial charge in [-0.1, -0.05) is 49.2 Å². The molecule has 150 valence electrons. The zero-order chi connectivity index (χ0) is 20.7. The molecule has 0 saturated heterocycles. The number of aryl methyl sites for hydroxylation is 3. The molecule has 28 heavy (non-hydrogen) atoms. The molecule has 2 rings (SSSR count). The van der Waals surface area contributed by atoms with Crippen LogP contribution in [0.3, 0.4) is 0 Å². The Hall–Kier alpha value is -2.62. The number of carbonyl (C=O) groups excluding carboxylic acids is 2. The molecule has 2 N–H and O–H groups in total. The third-order valence-corrected chi connectivity index (χ3v) is 4.83. The molecule has 2 aromatic carbocycles. The number of nitrogens with one attached hydrogen (secondary N) is 2. The predicted octanol–water partition coefficient (Wildman–Crippen LogP) is 4.99. The smallest absolute Gasteiger partial charge is 0.252 e. The van der Waals surface area contributed by atoms with Crippen LogP contribution in [0.25, 0.3) is 0 Å². The molecule has 0 fully saturated rings. The quantitative estimate of drug-likeness (QED) is 0.602. The molecule has 1 amide bonds. The number of anilines is 1. The first-order valence-corrected chi connectivity index (χ1v) is 9.97. The van der Waals surface area contributed by atoms with Crippen LogP contribution in [0.1, 0.15) is 65.3 Å². The van der Waals surface area contributed by atoms with Gasteiger partial charge in [0.25, 0.3) is 5.91 Å². The minimum Gasteiger partial charge on any atom is -0.388 e. The fourth-order valence-electron chi connectivity index (χ4n) is 3.57. The Labute approximate surface area is 168 Å². The molecule has 4 nitrogen and oxygen atoms in total. The summed E-state index contributed by atoms with van der Waals surface area (Å²) in [5.74, 6) is 0.354. The summed E-state index contributed by atoms with van der Waals surface area (Å²) in [6.07, 6.45) is 2.73. The Morgan fingerprint density at radius 3 is 2.32 bits per heavy atom. The molecule has 2 aromatic rings. The maximum atomic E-state index is 13.2. The molecule has 4 heteroatoms. The number of hydrogen-bond acceptors (Lipinski definition) is 3. The molecule has 0 saturated carbocycles. The van der Waals surface area contributed by atoms with Gasteiger partial charge >= 0.3 is 0 Å². The minimum absolute atomic E-state index is 0.0525. The van der Waals surface area contributed by atoms with Crippen LogP contribution in [0.4, 0.5) is 5.69 Å². The lowest BCUT2D eigenvalue weighted by Crippen LogP contribution is -2.30. The number of amides is 1. The largest absolute Gasteiger partial charge is 0.388 e. The van der Waals surface area contributed by atoms with Crippen LogP contribution >= 0.6 is 0 Å². The first kappa shape index (κ1) is 21.7. The average Bonchev–Trinajstić information content (AvgIpc) is 2.64. The zero-order valence-electron chi connectivity index (χ0n) is 17.6. The highest BCUT2D eigenvalue weighted by Gasteiger charge is 2.20. The van der Waals surface area contributed by atoms with Crippen molar-refractivity contribution < 1.29 is 9.59 Å². The van der Waals surface area contributed by atoms with Crippen LogP contribution in [0.5, 0.6) is 0 Å². The summed E-state index contributed by atoms with van der Waals surface area (Å²) in [6.45, 7) is 8.50. The molecule has 0 aliphatic carbocycles. The highest BCUT2D eigenvalue weighted by atomic mass is 16.1. The van der Waals surface area contributed by atoms with E-state index in [2.05, 4.69) is 56.5 Å². The molecule has 1 unspecified atom stereocenters. The van der Waals surface area contributed by atoms with Crippen molar-refractivity contribution in [2.45, 2.75) is 53.0 Å². The van der Waals surface area contributed by atoms with Crippen molar-refractivity contribution in [2.75, 3.05) is 12.4 Å². The first-order valence-electron chi connectivity index (χ1n) is 9.97. The number of rotatable bonds is 9. The van der Waals surface area contributed by atoms with E-state index >= 15 is 0 Å². The van der Waals surface area contributed by atoms with E-state index in [1.165, 1.54) is 11.1 Å². The SMILES string of the molecule is CNc1ccc(CCC=O)c(C(=O)NC(CC(C)C)c2cc(C)cc(C)c2)c1. The van der Waals surface area contributed by atoms with Gasteiger partial charge < -0.3 is 15.4 Å². The van der Waals surface area contributed by atoms with Gasteiger partial charge in [0, 0.05) is 24.7 Å². The molecule has 1 atom stereocenters. The Morgan fingerprint density at radius 1 is 1.07 bits per heavy atom. The van der Waals surface area contributed by atoms with Gasteiger partial charge in [-0.2, -0.15) is 0 Å². The van der Waals surface area contributed by atoms with E-state index in [1.54, 1.807) is 0 Å². The molecular weight excluding hydrogens is 348 g/mol. The Balaban J connectivity index is 2.35. The van der Waals surface area contributed by atoms with E-state index < -0.39 is 0 Å². The molecule has 0 radical (unpaired) electrons. The first-order chi connectivity index (χ1) is 13.3. The maximum Gasteiger partial charge on any atom is 0.252 e. The topological polar surface area (TPSA) is 58.2 Å². The third-order valence-electron chi connectivity index (χ3n) is 4.83. The number of carbonyl (C=O) groups is 2. The van der Waals surface area contributed by atoms with Crippen LogP contribution in [0.15, 0.2) is 36.4 Å². The zero-order valence-corrected chi connectivity index (χ0v) is 17.6. The van der Waals surface area contributed by atoms with Gasteiger partial charge in [-0.15, -0.1) is 0 Å². The van der Waals surface area contributed by atoms with Gasteiger partial charge in [-0.25, -0.2) is 0 Å². The molecular formula is C24H32N2O2. The van der Waals surface area contributed by atoms with Gasteiger partial charge in [0.2, 0.25) is 0 Å². The lowest BCUT2D eigenvalue weighted by Gasteiger charge is -2.23. The minimum atomic E-state index is -0.0946. The second kappa shape index (κ2) is 10.1. The summed E-state index contributed by atoms with van der Waals surface area (Å²) in [7, 11) is 1.83. The van der Waals surface area contributed by atoms with E-state index in [0.717, 1.165) is 29.5 Å².